The lowest BCUT2D eigenvalue weighted by atomic mass is 9.98. The van der Waals surface area contributed by atoms with Crippen LogP contribution in [-0.2, 0) is 4.79 Å². The highest BCUT2D eigenvalue weighted by molar-refractivity contribution is 8.00. The highest BCUT2D eigenvalue weighted by Crippen LogP contribution is 2.34. The van der Waals surface area contributed by atoms with Crippen molar-refractivity contribution in [1.29, 1.82) is 0 Å². The molecule has 2 aliphatic heterocycles. The second-order valence-corrected chi connectivity index (χ2v) is 10.6. The van der Waals surface area contributed by atoms with Gasteiger partial charge in [0.2, 0.25) is 5.91 Å². The third-order valence-electron chi connectivity index (χ3n) is 6.30. The Morgan fingerprint density at radius 2 is 1.72 bits per heavy atom. The number of hydrogen-bond acceptors (Lipinski definition) is 5. The van der Waals surface area contributed by atoms with E-state index in [0.29, 0.717) is 17.9 Å². The Bertz CT molecular complexity index is 1090. The topological polar surface area (TPSA) is 53.5 Å². The standard InChI is InChI=1S/C25H27N3O2S2/c29-23(27-13-5-6-14-27)17-31-21-11-3-1-9-19(21)25(30)28-15-7-8-18(16-28)24-26-20-10-2-4-12-22(20)32-24/h1-4,9-12,18H,5-8,13-17H2. The molecule has 1 aromatic heterocycles. The van der Waals surface area contributed by atoms with E-state index in [1.165, 1.54) is 16.5 Å². The molecule has 2 fully saturated rings. The molecule has 0 radical (unpaired) electrons. The van der Waals surface area contributed by atoms with Gasteiger partial charge in [-0.1, -0.05) is 24.3 Å². The molecule has 1 unspecified atom stereocenters. The minimum absolute atomic E-state index is 0.0625. The van der Waals surface area contributed by atoms with E-state index in [9.17, 15) is 9.59 Å². The summed E-state index contributed by atoms with van der Waals surface area (Å²) in [5.41, 5.74) is 1.75. The van der Waals surface area contributed by atoms with Crippen LogP contribution in [0.1, 0.15) is 47.0 Å². The van der Waals surface area contributed by atoms with Gasteiger partial charge in [0.05, 0.1) is 26.5 Å². The van der Waals surface area contributed by atoms with Crippen LogP contribution in [0.15, 0.2) is 53.4 Å². The van der Waals surface area contributed by atoms with E-state index >= 15 is 0 Å². The summed E-state index contributed by atoms with van der Waals surface area (Å²) in [4.78, 5) is 35.6. The quantitative estimate of drug-likeness (QED) is 0.496. The van der Waals surface area contributed by atoms with Crippen molar-refractivity contribution in [1.82, 2.24) is 14.8 Å². The maximum absolute atomic E-state index is 13.5. The Kier molecular flexibility index (Phi) is 6.46. The third kappa shape index (κ3) is 4.55. The number of fused-ring (bicyclic) bond motifs is 1. The van der Waals surface area contributed by atoms with Gasteiger partial charge in [-0.05, 0) is 49.9 Å². The Balaban J connectivity index is 1.28. The van der Waals surface area contributed by atoms with Crippen molar-refractivity contribution in [2.75, 3.05) is 31.9 Å². The first-order valence-corrected chi connectivity index (χ1v) is 13.1. The number of aromatic nitrogens is 1. The fourth-order valence-electron chi connectivity index (χ4n) is 4.56. The molecule has 0 saturated carbocycles. The average Bonchev–Trinajstić information content (AvgIpc) is 3.53. The van der Waals surface area contributed by atoms with Crippen molar-refractivity contribution in [2.45, 2.75) is 36.5 Å². The Hall–Kier alpha value is -2.38. The van der Waals surface area contributed by atoms with Gasteiger partial charge in [-0.2, -0.15) is 0 Å². The molecule has 3 heterocycles. The number of rotatable bonds is 5. The summed E-state index contributed by atoms with van der Waals surface area (Å²) in [5, 5.41) is 1.13. The monoisotopic (exact) mass is 465 g/mol. The van der Waals surface area contributed by atoms with Gasteiger partial charge < -0.3 is 9.80 Å². The molecule has 166 valence electrons. The van der Waals surface area contributed by atoms with Crippen molar-refractivity contribution in [3.8, 4) is 0 Å². The van der Waals surface area contributed by atoms with Crippen LogP contribution in [0.3, 0.4) is 0 Å². The van der Waals surface area contributed by atoms with Crippen molar-refractivity contribution in [3.63, 3.8) is 0 Å². The minimum Gasteiger partial charge on any atom is -0.342 e. The smallest absolute Gasteiger partial charge is 0.255 e. The summed E-state index contributed by atoms with van der Waals surface area (Å²) >= 11 is 3.23. The summed E-state index contributed by atoms with van der Waals surface area (Å²) in [7, 11) is 0. The van der Waals surface area contributed by atoms with Crippen LogP contribution in [0.25, 0.3) is 10.2 Å². The molecule has 0 spiro atoms. The minimum atomic E-state index is 0.0625. The second-order valence-electron chi connectivity index (χ2n) is 8.48. The number of amides is 2. The van der Waals surface area contributed by atoms with Crippen LogP contribution in [0.2, 0.25) is 0 Å². The molecule has 0 N–H and O–H groups in total. The fraction of sp³-hybridized carbons (Fsp3) is 0.400. The summed E-state index contributed by atoms with van der Waals surface area (Å²) in [5.74, 6) is 0.899. The number of thiazole rings is 1. The number of carbonyl (C=O) groups is 2. The Morgan fingerprint density at radius 3 is 2.56 bits per heavy atom. The van der Waals surface area contributed by atoms with E-state index in [2.05, 4.69) is 12.1 Å². The highest BCUT2D eigenvalue weighted by Gasteiger charge is 2.29. The maximum Gasteiger partial charge on any atom is 0.255 e. The van der Waals surface area contributed by atoms with Crippen LogP contribution in [-0.4, -0.2) is 58.5 Å². The molecule has 3 aromatic rings. The average molecular weight is 466 g/mol. The van der Waals surface area contributed by atoms with E-state index in [1.54, 1.807) is 11.3 Å². The Morgan fingerprint density at radius 1 is 0.969 bits per heavy atom. The lowest BCUT2D eigenvalue weighted by Gasteiger charge is -2.32. The highest BCUT2D eigenvalue weighted by atomic mass is 32.2. The molecule has 5 rings (SSSR count). The number of carbonyl (C=O) groups excluding carboxylic acids is 2. The number of piperidine rings is 1. The molecule has 5 nitrogen and oxygen atoms in total. The zero-order chi connectivity index (χ0) is 21.9. The van der Waals surface area contributed by atoms with Crippen molar-refractivity contribution < 1.29 is 9.59 Å². The summed E-state index contributed by atoms with van der Waals surface area (Å²) in [6.45, 7) is 3.19. The molecule has 2 aliphatic rings. The van der Waals surface area contributed by atoms with Crippen molar-refractivity contribution >= 4 is 45.1 Å². The molecule has 32 heavy (non-hydrogen) atoms. The van der Waals surface area contributed by atoms with Gasteiger partial charge in [-0.15, -0.1) is 23.1 Å². The molecule has 2 saturated heterocycles. The molecular weight excluding hydrogens is 438 g/mol. The van der Waals surface area contributed by atoms with Gasteiger partial charge in [0.15, 0.2) is 0 Å². The van der Waals surface area contributed by atoms with Crippen LogP contribution in [0.5, 0.6) is 0 Å². The summed E-state index contributed by atoms with van der Waals surface area (Å²) < 4.78 is 1.20. The van der Waals surface area contributed by atoms with Crippen LogP contribution in [0, 0.1) is 0 Å². The van der Waals surface area contributed by atoms with E-state index in [0.717, 1.165) is 60.7 Å². The van der Waals surface area contributed by atoms with Crippen LogP contribution in [0.4, 0.5) is 0 Å². The van der Waals surface area contributed by atoms with Gasteiger partial charge in [0.1, 0.15) is 0 Å². The molecular formula is C25H27N3O2S2. The zero-order valence-electron chi connectivity index (χ0n) is 18.0. The predicted molar refractivity (Wildman–Crippen MR) is 130 cm³/mol. The fourth-order valence-corrected chi connectivity index (χ4v) is 6.61. The number of nitrogens with zero attached hydrogens (tertiary/aromatic N) is 3. The number of para-hydroxylation sites is 1. The van der Waals surface area contributed by atoms with Gasteiger partial charge in [-0.25, -0.2) is 4.98 Å². The first-order valence-electron chi connectivity index (χ1n) is 11.3. The number of likely N-dealkylation sites (tertiary alicyclic amines) is 2. The number of benzene rings is 2. The molecule has 2 amide bonds. The lowest BCUT2D eigenvalue weighted by molar-refractivity contribution is -0.127. The normalized spacial score (nSPS) is 18.9. The van der Waals surface area contributed by atoms with E-state index in [4.69, 9.17) is 4.98 Å². The van der Waals surface area contributed by atoms with Crippen LogP contribution < -0.4 is 0 Å². The van der Waals surface area contributed by atoms with Gasteiger partial charge in [0.25, 0.3) is 5.91 Å². The van der Waals surface area contributed by atoms with Crippen molar-refractivity contribution in [2.24, 2.45) is 0 Å². The van der Waals surface area contributed by atoms with Crippen molar-refractivity contribution in [3.05, 3.63) is 59.1 Å². The number of thioether (sulfide) groups is 1. The molecule has 7 heteroatoms. The molecule has 1 atom stereocenters. The van der Waals surface area contributed by atoms with E-state index in [1.807, 2.05) is 46.2 Å². The summed E-state index contributed by atoms with van der Waals surface area (Å²) in [6.07, 6.45) is 4.23. The third-order valence-corrected chi connectivity index (χ3v) is 8.55. The molecule has 2 aromatic carbocycles. The van der Waals surface area contributed by atoms with Gasteiger partial charge >= 0.3 is 0 Å². The first kappa shape index (κ1) is 21.5. The molecule has 0 bridgehead atoms. The molecule has 0 aliphatic carbocycles. The van der Waals surface area contributed by atoms with Crippen LogP contribution >= 0.6 is 23.1 Å². The van der Waals surface area contributed by atoms with Gasteiger partial charge in [-0.3, -0.25) is 9.59 Å². The predicted octanol–water partition coefficient (Wildman–Crippen LogP) is 5.03. The van der Waals surface area contributed by atoms with E-state index < -0.39 is 0 Å². The Labute approximate surface area is 196 Å². The van der Waals surface area contributed by atoms with Gasteiger partial charge in [0, 0.05) is 37.0 Å². The number of hydrogen-bond donors (Lipinski definition) is 0. The largest absolute Gasteiger partial charge is 0.342 e. The first-order chi connectivity index (χ1) is 15.7. The summed E-state index contributed by atoms with van der Waals surface area (Å²) in [6, 6.07) is 15.9. The SMILES string of the molecule is O=C(CSc1ccccc1C(=O)N1CCCC(c2nc3ccccc3s2)C1)N1CCCC1. The second kappa shape index (κ2) is 9.63. The van der Waals surface area contributed by atoms with E-state index in [-0.39, 0.29) is 17.7 Å². The lowest BCUT2D eigenvalue weighted by Crippen LogP contribution is -2.39. The maximum atomic E-state index is 13.5. The zero-order valence-corrected chi connectivity index (χ0v) is 19.7.